The summed E-state index contributed by atoms with van der Waals surface area (Å²) >= 11 is 0. The van der Waals surface area contributed by atoms with E-state index in [1.54, 1.807) is 13.8 Å². The number of urea groups is 1. The first-order valence-electron chi connectivity index (χ1n) is 9.24. The van der Waals surface area contributed by atoms with Gasteiger partial charge in [-0.05, 0) is 38.1 Å². The number of benzene rings is 1. The van der Waals surface area contributed by atoms with Crippen LogP contribution < -0.4 is 10.2 Å². The van der Waals surface area contributed by atoms with Gasteiger partial charge in [-0.25, -0.2) is 18.7 Å². The number of sulfonamides is 1. The van der Waals surface area contributed by atoms with Crippen LogP contribution in [0.1, 0.15) is 13.8 Å². The first kappa shape index (κ1) is 23.5. The number of hydrogen-bond acceptors (Lipinski definition) is 7. The molecule has 0 aromatic heterocycles. The van der Waals surface area contributed by atoms with Crippen molar-refractivity contribution in [1.82, 2.24) is 14.7 Å². The lowest BCUT2D eigenvalue weighted by molar-refractivity contribution is -0.149. The molecule has 10 nitrogen and oxygen atoms in total. The molecule has 11 heteroatoms. The molecule has 1 fully saturated rings. The maximum Gasteiger partial charge on any atom is 0.341 e. The van der Waals surface area contributed by atoms with E-state index in [0.29, 0.717) is 5.75 Å². The van der Waals surface area contributed by atoms with Gasteiger partial charge in [0.2, 0.25) is 10.0 Å². The second-order valence-corrected chi connectivity index (χ2v) is 8.02. The van der Waals surface area contributed by atoms with Crippen LogP contribution in [-0.4, -0.2) is 75.6 Å². The predicted octanol–water partition coefficient (Wildman–Crippen LogP) is 0.598. The Kier molecular flexibility index (Phi) is 8.46. The summed E-state index contributed by atoms with van der Waals surface area (Å²) in [5.74, 6) is 5.19. The topological polar surface area (TPSA) is 114 Å². The minimum Gasteiger partial charge on any atom is -0.481 e. The number of carbonyl (C=O) groups excluding carboxylic acids is 2. The third kappa shape index (κ3) is 5.63. The molecule has 1 aliphatic rings. The summed E-state index contributed by atoms with van der Waals surface area (Å²) in [6.07, 6.45) is 0. The number of hydrogen-bond donors (Lipinski definition) is 1. The fourth-order valence-electron chi connectivity index (χ4n) is 2.86. The molecule has 2 rings (SSSR count). The Balaban J connectivity index is 2.25. The van der Waals surface area contributed by atoms with Gasteiger partial charge >= 0.3 is 12.0 Å². The molecule has 164 valence electrons. The number of amides is 2. The van der Waals surface area contributed by atoms with Crippen molar-refractivity contribution in [1.29, 1.82) is 0 Å². The third-order valence-electron chi connectivity index (χ3n) is 4.28. The van der Waals surface area contributed by atoms with E-state index in [4.69, 9.17) is 9.47 Å². The monoisotopic (exact) mass is 439 g/mol. The van der Waals surface area contributed by atoms with E-state index >= 15 is 0 Å². The molecule has 1 aromatic rings. The van der Waals surface area contributed by atoms with Crippen LogP contribution in [0.25, 0.3) is 0 Å². The molecule has 0 spiro atoms. The van der Waals surface area contributed by atoms with Gasteiger partial charge in [-0.1, -0.05) is 5.92 Å². The highest BCUT2D eigenvalue weighted by Crippen LogP contribution is 2.24. The summed E-state index contributed by atoms with van der Waals surface area (Å²) in [4.78, 5) is 30.4. The van der Waals surface area contributed by atoms with Crippen molar-refractivity contribution in [3.05, 3.63) is 24.3 Å². The molecule has 0 bridgehead atoms. The summed E-state index contributed by atoms with van der Waals surface area (Å²) in [7, 11) is -2.74. The summed E-state index contributed by atoms with van der Waals surface area (Å²) in [5.41, 5.74) is 2.16. The van der Waals surface area contributed by atoms with Crippen LogP contribution in [-0.2, 0) is 24.4 Å². The smallest absolute Gasteiger partial charge is 0.341 e. The molecule has 1 saturated heterocycles. The molecule has 30 heavy (non-hydrogen) atoms. The Morgan fingerprint density at radius 1 is 1.23 bits per heavy atom. The highest BCUT2D eigenvalue weighted by Gasteiger charge is 2.42. The van der Waals surface area contributed by atoms with Crippen LogP contribution in [0.2, 0.25) is 0 Å². The maximum atomic E-state index is 13.2. The minimum atomic E-state index is -4.02. The zero-order valence-corrected chi connectivity index (χ0v) is 17.9. The molecule has 1 atom stereocenters. The number of carbonyl (C=O) groups is 2. The van der Waals surface area contributed by atoms with Gasteiger partial charge in [0.15, 0.2) is 0 Å². The standard InChI is InChI=1S/C19H25N3O7S/c1-4-6-13-29-15-7-9-16(10-8-15)30(25,26)22-12-11-21(19(24)20-27-3)14-17(22)18(23)28-5-2/h7-10,17H,5,11-14H2,1-3H3,(H,20,24). The number of piperazine rings is 1. The van der Waals surface area contributed by atoms with Crippen LogP contribution in [0.15, 0.2) is 29.2 Å². The average Bonchev–Trinajstić information content (AvgIpc) is 2.74. The van der Waals surface area contributed by atoms with E-state index in [1.807, 2.05) is 0 Å². The quantitative estimate of drug-likeness (QED) is 0.376. The second-order valence-electron chi connectivity index (χ2n) is 6.13. The zero-order chi connectivity index (χ0) is 22.1. The first-order valence-corrected chi connectivity index (χ1v) is 10.7. The molecule has 2 amide bonds. The van der Waals surface area contributed by atoms with Gasteiger partial charge in [0, 0.05) is 19.6 Å². The molecular formula is C19H25N3O7S. The molecule has 0 saturated carbocycles. The summed E-state index contributed by atoms with van der Waals surface area (Å²) in [6.45, 7) is 3.44. The lowest BCUT2D eigenvalue weighted by atomic mass is 10.2. The average molecular weight is 439 g/mol. The van der Waals surface area contributed by atoms with Crippen LogP contribution in [0.3, 0.4) is 0 Å². The number of hydroxylamine groups is 1. The van der Waals surface area contributed by atoms with Gasteiger partial charge in [-0.3, -0.25) is 9.63 Å². The largest absolute Gasteiger partial charge is 0.481 e. The maximum absolute atomic E-state index is 13.2. The van der Waals surface area contributed by atoms with Crippen molar-refractivity contribution in [2.75, 3.05) is 40.0 Å². The molecule has 1 unspecified atom stereocenters. The Bertz CT molecular complexity index is 906. The lowest BCUT2D eigenvalue weighted by Gasteiger charge is -2.38. The summed E-state index contributed by atoms with van der Waals surface area (Å²) in [5, 5.41) is 0. The number of ether oxygens (including phenoxy) is 2. The lowest BCUT2D eigenvalue weighted by Crippen LogP contribution is -2.60. The highest BCUT2D eigenvalue weighted by molar-refractivity contribution is 7.89. The van der Waals surface area contributed by atoms with E-state index in [1.165, 1.54) is 36.3 Å². The summed E-state index contributed by atoms with van der Waals surface area (Å²) < 4.78 is 37.9. The van der Waals surface area contributed by atoms with Crippen molar-refractivity contribution in [3.8, 4) is 17.6 Å². The van der Waals surface area contributed by atoms with E-state index in [0.717, 1.165) is 4.31 Å². The van der Waals surface area contributed by atoms with Crippen molar-refractivity contribution in [2.24, 2.45) is 0 Å². The van der Waals surface area contributed by atoms with Crippen molar-refractivity contribution in [3.63, 3.8) is 0 Å². The van der Waals surface area contributed by atoms with Gasteiger partial charge in [0.25, 0.3) is 0 Å². The van der Waals surface area contributed by atoms with Crippen LogP contribution in [0, 0.1) is 11.8 Å². The Morgan fingerprint density at radius 3 is 2.53 bits per heavy atom. The fraction of sp³-hybridized carbons (Fsp3) is 0.474. The molecule has 0 radical (unpaired) electrons. The first-order chi connectivity index (χ1) is 14.3. The second kappa shape index (κ2) is 10.8. The molecule has 1 aromatic carbocycles. The number of esters is 1. The van der Waals surface area contributed by atoms with E-state index in [2.05, 4.69) is 22.2 Å². The number of nitrogens with one attached hydrogen (secondary N) is 1. The zero-order valence-electron chi connectivity index (χ0n) is 17.1. The van der Waals surface area contributed by atoms with Gasteiger partial charge in [0.1, 0.15) is 18.4 Å². The van der Waals surface area contributed by atoms with Crippen molar-refractivity contribution < 1.29 is 32.3 Å². The molecular weight excluding hydrogens is 414 g/mol. The Morgan fingerprint density at radius 2 is 1.93 bits per heavy atom. The molecule has 1 aliphatic heterocycles. The number of nitrogens with zero attached hydrogens (tertiary/aromatic N) is 2. The van der Waals surface area contributed by atoms with E-state index in [9.17, 15) is 18.0 Å². The predicted molar refractivity (Wildman–Crippen MR) is 107 cm³/mol. The van der Waals surface area contributed by atoms with Crippen molar-refractivity contribution in [2.45, 2.75) is 24.8 Å². The Labute approximate surface area is 176 Å². The van der Waals surface area contributed by atoms with Crippen LogP contribution >= 0.6 is 0 Å². The van der Waals surface area contributed by atoms with Crippen LogP contribution in [0.4, 0.5) is 4.79 Å². The third-order valence-corrected chi connectivity index (χ3v) is 6.21. The van der Waals surface area contributed by atoms with Crippen molar-refractivity contribution >= 4 is 22.0 Å². The highest BCUT2D eigenvalue weighted by atomic mass is 32.2. The van der Waals surface area contributed by atoms with E-state index < -0.39 is 28.1 Å². The normalized spacial score (nSPS) is 16.9. The molecule has 1 N–H and O–H groups in total. The SMILES string of the molecule is CC#CCOc1ccc(S(=O)(=O)N2CCN(C(=O)NOC)CC2C(=O)OCC)cc1. The van der Waals surface area contributed by atoms with Gasteiger partial charge < -0.3 is 14.4 Å². The van der Waals surface area contributed by atoms with Gasteiger partial charge in [0.05, 0.1) is 18.6 Å². The fourth-order valence-corrected chi connectivity index (χ4v) is 4.42. The molecule has 1 heterocycles. The minimum absolute atomic E-state index is 0.000479. The van der Waals surface area contributed by atoms with Gasteiger partial charge in [-0.2, -0.15) is 4.31 Å². The Hall–Kier alpha value is -2.81. The van der Waals surface area contributed by atoms with Crippen LogP contribution in [0.5, 0.6) is 5.75 Å². The molecule has 0 aliphatic carbocycles. The summed E-state index contributed by atoms with van der Waals surface area (Å²) in [6, 6.07) is 4.09. The number of rotatable bonds is 7. The van der Waals surface area contributed by atoms with E-state index in [-0.39, 0.29) is 37.7 Å². The van der Waals surface area contributed by atoms with Gasteiger partial charge in [-0.15, -0.1) is 5.92 Å².